The van der Waals surface area contributed by atoms with Gasteiger partial charge in [0.2, 0.25) is 5.91 Å². The number of nitrogens with one attached hydrogen (secondary N) is 5. The number of thioether (sulfide) groups is 1. The van der Waals surface area contributed by atoms with Crippen LogP contribution in [0.5, 0.6) is 0 Å². The molecule has 7 atom stereocenters. The van der Waals surface area contributed by atoms with E-state index in [0.717, 1.165) is 51.2 Å². The lowest BCUT2D eigenvalue weighted by molar-refractivity contribution is -0.195. The average Bonchev–Trinajstić information content (AvgIpc) is 3.91. The third-order valence-electron chi connectivity index (χ3n) is 10.3. The second kappa shape index (κ2) is 18.3. The topological polar surface area (TPSA) is 192 Å². The number of nitrogens with two attached hydrogens (primary N) is 1. The Morgan fingerprint density at radius 1 is 0.941 bits per heavy atom. The maximum atomic E-state index is 12.7. The third-order valence-corrected chi connectivity index (χ3v) is 11.8. The fourth-order valence-electron chi connectivity index (χ4n) is 7.64. The Morgan fingerprint density at radius 3 is 2.37 bits per heavy atom. The molecular formula is C35H58N10O5S. The Labute approximate surface area is 305 Å². The number of amides is 3. The summed E-state index contributed by atoms with van der Waals surface area (Å²) in [5.74, 6) is 0.595. The summed E-state index contributed by atoms with van der Waals surface area (Å²) in [6, 6.07) is 0.671. The zero-order chi connectivity index (χ0) is 35.6. The van der Waals surface area contributed by atoms with Gasteiger partial charge in [0, 0.05) is 24.0 Å². The highest BCUT2D eigenvalue weighted by Gasteiger charge is 2.56. The van der Waals surface area contributed by atoms with Gasteiger partial charge in [-0.1, -0.05) is 32.1 Å². The van der Waals surface area contributed by atoms with E-state index in [1.165, 1.54) is 57.7 Å². The summed E-state index contributed by atoms with van der Waals surface area (Å²) in [6.45, 7) is 8.34. The number of carbonyl (C=O) groups excluding carboxylic acids is 2. The lowest BCUT2D eigenvalue weighted by Gasteiger charge is -2.25. The molecule has 6 heterocycles. The number of fused-ring (bicyclic) bond motifs is 3. The molecule has 16 heteroatoms. The molecule has 0 aliphatic carbocycles. The van der Waals surface area contributed by atoms with E-state index >= 15 is 0 Å². The van der Waals surface area contributed by atoms with Crippen LogP contribution in [-0.2, 0) is 19.0 Å². The lowest BCUT2D eigenvalue weighted by Crippen LogP contribution is -2.39. The second-order valence-corrected chi connectivity index (χ2v) is 16.0. The van der Waals surface area contributed by atoms with Crippen molar-refractivity contribution in [1.82, 2.24) is 46.1 Å². The molecule has 15 nitrogen and oxygen atoms in total. The summed E-state index contributed by atoms with van der Waals surface area (Å²) in [6.07, 6.45) is 14.7. The number of rotatable bonds is 22. The first kappa shape index (κ1) is 38.0. The Hall–Kier alpha value is -2.76. The van der Waals surface area contributed by atoms with Crippen molar-refractivity contribution in [2.45, 2.75) is 139 Å². The molecule has 0 bridgehead atoms. The molecule has 0 spiro atoms. The summed E-state index contributed by atoms with van der Waals surface area (Å²) in [4.78, 5) is 36.9. The van der Waals surface area contributed by atoms with E-state index < -0.39 is 12.0 Å². The molecule has 0 radical (unpaired) electrons. The van der Waals surface area contributed by atoms with Crippen LogP contribution in [0.4, 0.5) is 10.6 Å². The van der Waals surface area contributed by atoms with Gasteiger partial charge in [-0.15, -0.1) is 0 Å². The number of anilines is 1. The van der Waals surface area contributed by atoms with Gasteiger partial charge >= 0.3 is 6.03 Å². The zero-order valence-electron chi connectivity index (χ0n) is 30.2. The molecule has 4 aliphatic heterocycles. The SMILES string of the molecule is CC1(C)O[C@@H]2[C@H](O1)[C@@H](CNC(=O)CCCCCNCCCCCCNCCCCC[C@@H]1SC[C@@H]3NC(=O)N[C@@H]31)O[C@H]2n1cnc2c(N)ncnc21. The highest BCUT2D eigenvalue weighted by Crippen LogP contribution is 2.43. The van der Waals surface area contributed by atoms with Gasteiger partial charge < -0.3 is 46.5 Å². The van der Waals surface area contributed by atoms with Crippen LogP contribution in [0.3, 0.4) is 0 Å². The number of unbranched alkanes of at least 4 members (excludes halogenated alkanes) is 7. The van der Waals surface area contributed by atoms with Crippen molar-refractivity contribution in [2.24, 2.45) is 0 Å². The molecule has 284 valence electrons. The molecule has 4 fully saturated rings. The standard InChI is InChI=1S/C35H58N10O5S/c1-35(2)49-29-24(48-33(30(29)50-35)45-22-42-28-31(36)40-21-41-32(28)45)19-39-26(46)14-8-6-12-18-38-16-10-4-3-9-15-37-17-11-5-7-13-25-27-23(20-51-25)43-34(47)44-27/h21-25,27,29-30,33,37-38H,3-20H2,1-2H3,(H,39,46)(H2,36,40,41)(H2,43,44,47)/t23-,24+,25-,27-,29+,30+,33+/m0/s1. The minimum absolute atomic E-state index is 0.00819. The number of imidazole rings is 1. The molecule has 7 N–H and O–H groups in total. The zero-order valence-corrected chi connectivity index (χ0v) is 31.1. The van der Waals surface area contributed by atoms with Crippen LogP contribution in [-0.4, -0.2) is 111 Å². The van der Waals surface area contributed by atoms with E-state index in [4.69, 9.17) is 19.9 Å². The first-order chi connectivity index (χ1) is 24.8. The number of carbonyl (C=O) groups is 2. The van der Waals surface area contributed by atoms with E-state index in [1.54, 1.807) is 10.9 Å². The third kappa shape index (κ3) is 10.2. The summed E-state index contributed by atoms with van der Waals surface area (Å²) in [5, 5.41) is 16.9. The van der Waals surface area contributed by atoms with E-state index in [1.807, 2.05) is 25.6 Å². The van der Waals surface area contributed by atoms with Crippen LogP contribution in [0.25, 0.3) is 11.2 Å². The van der Waals surface area contributed by atoms with Gasteiger partial charge in [0.05, 0.1) is 18.4 Å². The molecule has 4 aliphatic rings. The Kier molecular flexibility index (Phi) is 13.6. The van der Waals surface area contributed by atoms with Crippen LogP contribution in [0, 0.1) is 0 Å². The average molecular weight is 731 g/mol. The number of nitrogens with zero attached hydrogens (tertiary/aromatic N) is 4. The highest BCUT2D eigenvalue weighted by atomic mass is 32.2. The molecule has 3 amide bonds. The monoisotopic (exact) mass is 730 g/mol. The Balaban J connectivity index is 0.732. The Bertz CT molecular complexity index is 1430. The van der Waals surface area contributed by atoms with Crippen molar-refractivity contribution in [3.05, 3.63) is 12.7 Å². The number of urea groups is 1. The molecule has 2 aromatic heterocycles. The maximum absolute atomic E-state index is 12.7. The molecule has 0 aromatic carbocycles. The van der Waals surface area contributed by atoms with Crippen molar-refractivity contribution in [2.75, 3.05) is 44.2 Å². The molecule has 6 rings (SSSR count). The molecule has 2 aromatic rings. The first-order valence-electron chi connectivity index (χ1n) is 19.1. The van der Waals surface area contributed by atoms with Crippen molar-refractivity contribution in [3.8, 4) is 0 Å². The number of aromatic nitrogens is 4. The van der Waals surface area contributed by atoms with E-state index in [2.05, 4.69) is 41.5 Å². The van der Waals surface area contributed by atoms with Crippen molar-refractivity contribution < 1.29 is 23.8 Å². The van der Waals surface area contributed by atoms with Gasteiger partial charge in [-0.25, -0.2) is 19.7 Å². The molecule has 0 saturated carbocycles. The Morgan fingerprint density at radius 2 is 1.63 bits per heavy atom. The van der Waals surface area contributed by atoms with Gasteiger partial charge in [0.1, 0.15) is 30.2 Å². The second-order valence-electron chi connectivity index (χ2n) is 14.7. The van der Waals surface area contributed by atoms with Crippen LogP contribution < -0.4 is 32.3 Å². The lowest BCUT2D eigenvalue weighted by atomic mass is 10.0. The smallest absolute Gasteiger partial charge is 0.315 e. The van der Waals surface area contributed by atoms with Crippen LogP contribution in [0.2, 0.25) is 0 Å². The summed E-state index contributed by atoms with van der Waals surface area (Å²) < 4.78 is 20.6. The van der Waals surface area contributed by atoms with E-state index in [9.17, 15) is 9.59 Å². The van der Waals surface area contributed by atoms with E-state index in [-0.39, 0.29) is 30.3 Å². The van der Waals surface area contributed by atoms with Crippen LogP contribution >= 0.6 is 11.8 Å². The van der Waals surface area contributed by atoms with Crippen molar-refractivity contribution >= 4 is 40.7 Å². The maximum Gasteiger partial charge on any atom is 0.315 e. The van der Waals surface area contributed by atoms with Gasteiger partial charge in [-0.3, -0.25) is 9.36 Å². The van der Waals surface area contributed by atoms with Gasteiger partial charge in [0.25, 0.3) is 0 Å². The highest BCUT2D eigenvalue weighted by molar-refractivity contribution is 8.00. The largest absolute Gasteiger partial charge is 0.382 e. The summed E-state index contributed by atoms with van der Waals surface area (Å²) in [5.41, 5.74) is 7.06. The molecule has 0 unspecified atom stereocenters. The quantitative estimate of drug-likeness (QED) is 0.0768. The minimum Gasteiger partial charge on any atom is -0.382 e. The number of ether oxygens (including phenoxy) is 3. The molecule has 51 heavy (non-hydrogen) atoms. The number of hydrogen-bond donors (Lipinski definition) is 6. The summed E-state index contributed by atoms with van der Waals surface area (Å²) in [7, 11) is 0. The fraction of sp³-hybridized carbons (Fsp3) is 0.800. The van der Waals surface area contributed by atoms with Crippen molar-refractivity contribution in [3.63, 3.8) is 0 Å². The van der Waals surface area contributed by atoms with Crippen LogP contribution in [0.15, 0.2) is 12.7 Å². The van der Waals surface area contributed by atoms with Gasteiger partial charge in [0.15, 0.2) is 23.5 Å². The minimum atomic E-state index is -0.771. The first-order valence-corrected chi connectivity index (χ1v) is 20.1. The predicted molar refractivity (Wildman–Crippen MR) is 197 cm³/mol. The molecule has 4 saturated heterocycles. The van der Waals surface area contributed by atoms with Crippen LogP contribution in [0.1, 0.15) is 97.1 Å². The summed E-state index contributed by atoms with van der Waals surface area (Å²) >= 11 is 2.01. The van der Waals surface area contributed by atoms with Gasteiger partial charge in [-0.05, 0) is 78.6 Å². The van der Waals surface area contributed by atoms with E-state index in [0.29, 0.717) is 47.3 Å². The normalized spacial score (nSPS) is 27.8. The molecular weight excluding hydrogens is 673 g/mol. The fourth-order valence-corrected chi connectivity index (χ4v) is 9.18. The van der Waals surface area contributed by atoms with Gasteiger partial charge in [-0.2, -0.15) is 11.8 Å². The van der Waals surface area contributed by atoms with Crippen molar-refractivity contribution in [1.29, 1.82) is 0 Å². The number of hydrogen-bond acceptors (Lipinski definition) is 12. The number of nitrogen functional groups attached to an aromatic ring is 1. The predicted octanol–water partition coefficient (Wildman–Crippen LogP) is 2.97.